The summed E-state index contributed by atoms with van der Waals surface area (Å²) in [5.41, 5.74) is 0. The smallest absolute Gasteiger partial charge is 0.226 e. The SMILES string of the molecule is CCc1nc([C@H]2CCCN2CCC(=O)NC2CCCCC2)no1. The lowest BCUT2D eigenvalue weighted by atomic mass is 9.95. The first kappa shape index (κ1) is 16.4. The molecule has 0 bridgehead atoms. The topological polar surface area (TPSA) is 71.3 Å². The Balaban J connectivity index is 1.47. The van der Waals surface area contributed by atoms with Crippen molar-refractivity contribution in [1.29, 1.82) is 0 Å². The summed E-state index contributed by atoms with van der Waals surface area (Å²) in [4.78, 5) is 19.0. The number of amides is 1. The molecule has 0 aromatic carbocycles. The van der Waals surface area contributed by atoms with E-state index in [1.165, 1.54) is 19.3 Å². The minimum atomic E-state index is 0.185. The summed E-state index contributed by atoms with van der Waals surface area (Å²) in [5, 5.41) is 7.31. The molecule has 0 unspecified atom stereocenters. The summed E-state index contributed by atoms with van der Waals surface area (Å²) in [7, 11) is 0. The second kappa shape index (κ2) is 7.90. The van der Waals surface area contributed by atoms with Crippen molar-refractivity contribution in [2.24, 2.45) is 0 Å². The zero-order chi connectivity index (χ0) is 16.1. The molecule has 1 aliphatic heterocycles. The van der Waals surface area contributed by atoms with Gasteiger partial charge in [-0.05, 0) is 32.2 Å². The molecule has 1 aliphatic carbocycles. The van der Waals surface area contributed by atoms with Gasteiger partial charge in [0.25, 0.3) is 0 Å². The quantitative estimate of drug-likeness (QED) is 0.872. The average Bonchev–Trinajstić information content (AvgIpc) is 3.22. The van der Waals surface area contributed by atoms with E-state index in [4.69, 9.17) is 4.52 Å². The summed E-state index contributed by atoms with van der Waals surface area (Å²) < 4.78 is 5.23. The number of aryl methyl sites for hydroxylation is 1. The Morgan fingerprint density at radius 3 is 2.83 bits per heavy atom. The van der Waals surface area contributed by atoms with E-state index in [0.717, 1.165) is 51.0 Å². The highest BCUT2D eigenvalue weighted by Crippen LogP contribution is 2.30. The predicted octanol–water partition coefficient (Wildman–Crippen LogP) is 2.61. The monoisotopic (exact) mass is 320 g/mol. The Hall–Kier alpha value is -1.43. The van der Waals surface area contributed by atoms with Gasteiger partial charge in [-0.1, -0.05) is 31.3 Å². The highest BCUT2D eigenvalue weighted by atomic mass is 16.5. The van der Waals surface area contributed by atoms with Gasteiger partial charge in [-0.25, -0.2) is 0 Å². The Morgan fingerprint density at radius 2 is 2.09 bits per heavy atom. The lowest BCUT2D eigenvalue weighted by Crippen LogP contribution is -2.38. The van der Waals surface area contributed by atoms with E-state index in [-0.39, 0.29) is 11.9 Å². The van der Waals surface area contributed by atoms with Crippen LogP contribution >= 0.6 is 0 Å². The summed E-state index contributed by atoms with van der Waals surface area (Å²) in [5.74, 6) is 1.67. The molecule has 1 saturated heterocycles. The van der Waals surface area contributed by atoms with E-state index in [0.29, 0.717) is 18.4 Å². The Kier molecular flexibility index (Phi) is 5.65. The van der Waals surface area contributed by atoms with Crippen LogP contribution < -0.4 is 5.32 Å². The van der Waals surface area contributed by atoms with E-state index in [1.54, 1.807) is 0 Å². The summed E-state index contributed by atoms with van der Waals surface area (Å²) >= 11 is 0. The van der Waals surface area contributed by atoms with Crippen molar-refractivity contribution >= 4 is 5.91 Å². The lowest BCUT2D eigenvalue weighted by molar-refractivity contribution is -0.122. The number of rotatable bonds is 6. The van der Waals surface area contributed by atoms with Gasteiger partial charge in [0.05, 0.1) is 6.04 Å². The molecule has 128 valence electrons. The van der Waals surface area contributed by atoms with Crippen LogP contribution in [0.15, 0.2) is 4.52 Å². The van der Waals surface area contributed by atoms with Gasteiger partial charge < -0.3 is 9.84 Å². The number of nitrogens with one attached hydrogen (secondary N) is 1. The highest BCUT2D eigenvalue weighted by Gasteiger charge is 2.30. The van der Waals surface area contributed by atoms with E-state index in [1.807, 2.05) is 6.92 Å². The van der Waals surface area contributed by atoms with E-state index >= 15 is 0 Å². The molecule has 1 saturated carbocycles. The van der Waals surface area contributed by atoms with Crippen molar-refractivity contribution in [2.45, 2.75) is 76.8 Å². The van der Waals surface area contributed by atoms with Gasteiger partial charge in [0.15, 0.2) is 5.82 Å². The molecule has 3 rings (SSSR count). The first-order chi connectivity index (χ1) is 11.3. The summed E-state index contributed by atoms with van der Waals surface area (Å²) in [6.45, 7) is 3.80. The van der Waals surface area contributed by atoms with Gasteiger partial charge in [0.1, 0.15) is 0 Å². The van der Waals surface area contributed by atoms with E-state index in [2.05, 4.69) is 20.4 Å². The molecule has 1 N–H and O–H groups in total. The molecule has 0 spiro atoms. The molecule has 0 radical (unpaired) electrons. The van der Waals surface area contributed by atoms with Crippen LogP contribution in [-0.2, 0) is 11.2 Å². The fourth-order valence-electron chi connectivity index (χ4n) is 3.73. The Morgan fingerprint density at radius 1 is 1.26 bits per heavy atom. The third-order valence-electron chi connectivity index (χ3n) is 5.04. The fraction of sp³-hybridized carbons (Fsp3) is 0.824. The number of carbonyl (C=O) groups excluding carboxylic acids is 1. The van der Waals surface area contributed by atoms with Gasteiger partial charge in [-0.15, -0.1) is 0 Å². The van der Waals surface area contributed by atoms with Crippen molar-refractivity contribution in [3.05, 3.63) is 11.7 Å². The lowest BCUT2D eigenvalue weighted by Gasteiger charge is -2.24. The van der Waals surface area contributed by atoms with Crippen LogP contribution in [0, 0.1) is 0 Å². The molecule has 6 nitrogen and oxygen atoms in total. The van der Waals surface area contributed by atoms with Crippen molar-refractivity contribution in [3.8, 4) is 0 Å². The van der Waals surface area contributed by atoms with Crippen molar-refractivity contribution in [3.63, 3.8) is 0 Å². The van der Waals surface area contributed by atoms with Gasteiger partial charge in [0, 0.05) is 25.4 Å². The van der Waals surface area contributed by atoms with Crippen LogP contribution in [-0.4, -0.2) is 40.1 Å². The number of carbonyl (C=O) groups is 1. The molecule has 6 heteroatoms. The largest absolute Gasteiger partial charge is 0.353 e. The molecule has 1 aromatic rings. The molecule has 23 heavy (non-hydrogen) atoms. The van der Waals surface area contributed by atoms with Crippen molar-refractivity contribution in [2.75, 3.05) is 13.1 Å². The molecule has 2 aliphatic rings. The molecule has 1 aromatic heterocycles. The maximum atomic E-state index is 12.2. The van der Waals surface area contributed by atoms with E-state index < -0.39 is 0 Å². The molecular formula is C17H28N4O2. The second-order valence-electron chi connectivity index (χ2n) is 6.75. The average molecular weight is 320 g/mol. The minimum Gasteiger partial charge on any atom is -0.353 e. The van der Waals surface area contributed by atoms with Crippen molar-refractivity contribution in [1.82, 2.24) is 20.4 Å². The number of likely N-dealkylation sites (tertiary alicyclic amines) is 1. The van der Waals surface area contributed by atoms with E-state index in [9.17, 15) is 4.79 Å². The van der Waals surface area contributed by atoms with Crippen LogP contribution in [0.2, 0.25) is 0 Å². The number of nitrogens with zero attached hydrogens (tertiary/aromatic N) is 3. The highest BCUT2D eigenvalue weighted by molar-refractivity contribution is 5.76. The third-order valence-corrected chi connectivity index (χ3v) is 5.04. The zero-order valence-electron chi connectivity index (χ0n) is 14.1. The third kappa shape index (κ3) is 4.31. The first-order valence-electron chi connectivity index (χ1n) is 9.12. The molecule has 1 amide bonds. The Bertz CT molecular complexity index is 510. The number of hydrogen-bond acceptors (Lipinski definition) is 5. The Labute approximate surface area is 138 Å². The van der Waals surface area contributed by atoms with Crippen LogP contribution in [0.1, 0.15) is 76.0 Å². The molecule has 2 heterocycles. The number of hydrogen-bond donors (Lipinski definition) is 1. The molecule has 2 fully saturated rings. The first-order valence-corrected chi connectivity index (χ1v) is 9.12. The molecular weight excluding hydrogens is 292 g/mol. The van der Waals surface area contributed by atoms with Crippen LogP contribution in [0.25, 0.3) is 0 Å². The summed E-state index contributed by atoms with van der Waals surface area (Å²) in [6, 6.07) is 0.608. The van der Waals surface area contributed by atoms with Gasteiger partial charge in [-0.3, -0.25) is 9.69 Å². The van der Waals surface area contributed by atoms with Crippen LogP contribution in [0.4, 0.5) is 0 Å². The van der Waals surface area contributed by atoms with Gasteiger partial charge in [0.2, 0.25) is 11.8 Å². The maximum absolute atomic E-state index is 12.2. The maximum Gasteiger partial charge on any atom is 0.226 e. The second-order valence-corrected chi connectivity index (χ2v) is 6.75. The van der Waals surface area contributed by atoms with Gasteiger partial charge in [-0.2, -0.15) is 4.98 Å². The molecule has 1 atom stereocenters. The van der Waals surface area contributed by atoms with Crippen molar-refractivity contribution < 1.29 is 9.32 Å². The fourth-order valence-corrected chi connectivity index (χ4v) is 3.73. The summed E-state index contributed by atoms with van der Waals surface area (Å²) in [6.07, 6.45) is 9.59. The standard InChI is InChI=1S/C17H28N4O2/c1-2-16-19-17(20-23-16)14-9-6-11-21(14)12-10-15(22)18-13-7-4-3-5-8-13/h13-14H,2-12H2,1H3,(H,18,22)/t14-/m1/s1. The number of aromatic nitrogens is 2. The minimum absolute atomic E-state index is 0.185. The zero-order valence-corrected chi connectivity index (χ0v) is 14.1. The van der Waals surface area contributed by atoms with Crippen LogP contribution in [0.5, 0.6) is 0 Å². The normalized spacial score (nSPS) is 23.3. The predicted molar refractivity (Wildman–Crippen MR) is 86.9 cm³/mol. The van der Waals surface area contributed by atoms with Crippen LogP contribution in [0.3, 0.4) is 0 Å². The van der Waals surface area contributed by atoms with Gasteiger partial charge >= 0.3 is 0 Å².